The van der Waals surface area contributed by atoms with Crippen molar-refractivity contribution < 1.29 is 24.2 Å². The fourth-order valence-electron chi connectivity index (χ4n) is 3.79. The van der Waals surface area contributed by atoms with Crippen molar-refractivity contribution in [2.45, 2.75) is 13.5 Å². The number of aromatic nitrogens is 1. The van der Waals surface area contributed by atoms with Crippen molar-refractivity contribution >= 4 is 34.8 Å². The van der Waals surface area contributed by atoms with Crippen molar-refractivity contribution in [2.75, 3.05) is 7.11 Å². The number of carbonyl (C=O) groups is 3. The third kappa shape index (κ3) is 6.18. The molecule has 0 fully saturated rings. The SMILES string of the molecule is COC(=O)/C(=C/c1cnc2ccccc2c1)NC(=O)c1ccc(C(=O)NCc2cccc(O)c2)cc1C. The summed E-state index contributed by atoms with van der Waals surface area (Å²) < 4.78 is 4.85. The Morgan fingerprint density at radius 1 is 0.973 bits per heavy atom. The summed E-state index contributed by atoms with van der Waals surface area (Å²) in [6.07, 6.45) is 3.11. The van der Waals surface area contributed by atoms with Crippen LogP contribution in [0.3, 0.4) is 0 Å². The Kier molecular flexibility index (Phi) is 7.59. The van der Waals surface area contributed by atoms with Crippen LogP contribution in [-0.4, -0.2) is 35.0 Å². The molecule has 0 bridgehead atoms. The van der Waals surface area contributed by atoms with Gasteiger partial charge in [0.2, 0.25) is 0 Å². The fourth-order valence-corrected chi connectivity index (χ4v) is 3.79. The monoisotopic (exact) mass is 495 g/mol. The van der Waals surface area contributed by atoms with Gasteiger partial charge in [0.05, 0.1) is 12.6 Å². The minimum Gasteiger partial charge on any atom is -0.508 e. The minimum absolute atomic E-state index is 0.0445. The van der Waals surface area contributed by atoms with Crippen molar-refractivity contribution in [3.63, 3.8) is 0 Å². The Hall–Kier alpha value is -4.98. The lowest BCUT2D eigenvalue weighted by atomic mass is 10.0. The number of ether oxygens (including phenoxy) is 1. The van der Waals surface area contributed by atoms with Gasteiger partial charge in [-0.3, -0.25) is 14.6 Å². The molecule has 0 atom stereocenters. The summed E-state index contributed by atoms with van der Waals surface area (Å²) >= 11 is 0. The normalized spacial score (nSPS) is 11.1. The first-order valence-corrected chi connectivity index (χ1v) is 11.5. The van der Waals surface area contributed by atoms with E-state index in [1.165, 1.54) is 25.3 Å². The third-order valence-corrected chi connectivity index (χ3v) is 5.67. The summed E-state index contributed by atoms with van der Waals surface area (Å²) in [7, 11) is 1.23. The van der Waals surface area contributed by atoms with Crippen LogP contribution in [0.15, 0.2) is 84.7 Å². The van der Waals surface area contributed by atoms with Crippen LogP contribution in [0.1, 0.15) is 37.4 Å². The Labute approximate surface area is 213 Å². The third-order valence-electron chi connectivity index (χ3n) is 5.67. The highest BCUT2D eigenvalue weighted by Crippen LogP contribution is 2.17. The molecule has 3 N–H and O–H groups in total. The molecule has 0 aliphatic carbocycles. The Morgan fingerprint density at radius 3 is 2.54 bits per heavy atom. The first kappa shape index (κ1) is 25.1. The van der Waals surface area contributed by atoms with Crippen LogP contribution in [0, 0.1) is 6.92 Å². The number of carbonyl (C=O) groups excluding carboxylic acids is 3. The molecule has 37 heavy (non-hydrogen) atoms. The maximum atomic E-state index is 13.0. The number of phenolic OH excluding ortho intramolecular Hbond substituents is 1. The van der Waals surface area contributed by atoms with Crippen LogP contribution < -0.4 is 10.6 Å². The molecule has 0 saturated heterocycles. The number of aryl methyl sites for hydroxylation is 1. The molecule has 1 heterocycles. The van der Waals surface area contributed by atoms with Crippen molar-refractivity contribution in [3.8, 4) is 5.75 Å². The number of aromatic hydroxyl groups is 1. The van der Waals surface area contributed by atoms with Gasteiger partial charge >= 0.3 is 5.97 Å². The molecule has 4 rings (SSSR count). The van der Waals surface area contributed by atoms with Crippen molar-refractivity contribution in [3.05, 3.63) is 113 Å². The highest BCUT2D eigenvalue weighted by Gasteiger charge is 2.18. The standard InChI is InChI=1S/C29H25N3O5/c1-18-12-22(27(34)31-16-19-6-5-8-23(33)14-19)10-11-24(18)28(35)32-26(29(36)37-2)15-20-13-21-7-3-4-9-25(21)30-17-20/h3-15,17,33H,16H2,1-2H3,(H,31,34)(H,32,35)/b26-15-. The molecular weight excluding hydrogens is 470 g/mol. The zero-order valence-corrected chi connectivity index (χ0v) is 20.3. The molecule has 186 valence electrons. The summed E-state index contributed by atoms with van der Waals surface area (Å²) in [5.74, 6) is -1.43. The van der Waals surface area contributed by atoms with Crippen molar-refractivity contribution in [1.29, 1.82) is 0 Å². The molecule has 0 saturated carbocycles. The van der Waals surface area contributed by atoms with E-state index in [1.807, 2.05) is 30.3 Å². The molecule has 0 spiro atoms. The smallest absolute Gasteiger partial charge is 0.354 e. The van der Waals surface area contributed by atoms with Gasteiger partial charge in [-0.1, -0.05) is 30.3 Å². The van der Waals surface area contributed by atoms with E-state index in [0.717, 1.165) is 16.5 Å². The lowest BCUT2D eigenvalue weighted by Gasteiger charge is -2.12. The number of benzene rings is 3. The number of hydrogen-bond donors (Lipinski definition) is 3. The zero-order valence-electron chi connectivity index (χ0n) is 20.3. The molecule has 0 radical (unpaired) electrons. The Balaban J connectivity index is 1.50. The van der Waals surface area contributed by atoms with E-state index >= 15 is 0 Å². The van der Waals surface area contributed by atoms with Gasteiger partial charge in [0.25, 0.3) is 11.8 Å². The molecule has 4 aromatic rings. The second kappa shape index (κ2) is 11.2. The van der Waals surface area contributed by atoms with E-state index in [1.54, 1.807) is 43.5 Å². The first-order valence-electron chi connectivity index (χ1n) is 11.5. The molecule has 0 aliphatic heterocycles. The molecule has 2 amide bonds. The average molecular weight is 496 g/mol. The predicted octanol–water partition coefficient (Wildman–Crippen LogP) is 4.12. The number of para-hydroxylation sites is 1. The fraction of sp³-hybridized carbons (Fsp3) is 0.103. The van der Waals surface area contributed by atoms with E-state index in [0.29, 0.717) is 22.3 Å². The summed E-state index contributed by atoms with van der Waals surface area (Å²) in [5.41, 5.74) is 3.37. The highest BCUT2D eigenvalue weighted by molar-refractivity contribution is 6.05. The molecule has 0 unspecified atom stereocenters. The quantitative estimate of drug-likeness (QED) is 0.262. The molecule has 3 aromatic carbocycles. The number of hydrogen-bond acceptors (Lipinski definition) is 6. The van der Waals surface area contributed by atoms with Gasteiger partial charge in [0.15, 0.2) is 0 Å². The predicted molar refractivity (Wildman–Crippen MR) is 140 cm³/mol. The van der Waals surface area contributed by atoms with Crippen molar-refractivity contribution in [2.24, 2.45) is 0 Å². The molecular formula is C29H25N3O5. The number of rotatable bonds is 7. The number of methoxy groups -OCH3 is 1. The second-order valence-corrected chi connectivity index (χ2v) is 8.35. The number of amides is 2. The molecule has 1 aromatic heterocycles. The summed E-state index contributed by atoms with van der Waals surface area (Å²) in [6, 6.07) is 20.7. The molecule has 8 nitrogen and oxygen atoms in total. The summed E-state index contributed by atoms with van der Waals surface area (Å²) in [5, 5.41) is 15.9. The Morgan fingerprint density at radius 2 is 1.78 bits per heavy atom. The minimum atomic E-state index is -0.706. The van der Waals surface area contributed by atoms with Gasteiger partial charge in [0.1, 0.15) is 11.4 Å². The number of phenols is 1. The number of nitrogens with one attached hydrogen (secondary N) is 2. The van der Waals surface area contributed by atoms with Crippen LogP contribution in [0.4, 0.5) is 0 Å². The van der Waals surface area contributed by atoms with Gasteiger partial charge in [-0.05, 0) is 72.2 Å². The van der Waals surface area contributed by atoms with Gasteiger partial charge in [-0.15, -0.1) is 0 Å². The van der Waals surface area contributed by atoms with Gasteiger partial charge < -0.3 is 20.5 Å². The lowest BCUT2D eigenvalue weighted by Crippen LogP contribution is -2.29. The van der Waals surface area contributed by atoms with E-state index in [9.17, 15) is 19.5 Å². The Bertz CT molecular complexity index is 1530. The van der Waals surface area contributed by atoms with Crippen LogP contribution in [0.25, 0.3) is 17.0 Å². The van der Waals surface area contributed by atoms with Crippen molar-refractivity contribution in [1.82, 2.24) is 15.6 Å². The van der Waals surface area contributed by atoms with E-state index in [4.69, 9.17) is 4.74 Å². The van der Waals surface area contributed by atoms with E-state index in [2.05, 4.69) is 15.6 Å². The zero-order chi connectivity index (χ0) is 26.4. The van der Waals surface area contributed by atoms with Gasteiger partial charge in [0, 0.05) is 29.3 Å². The van der Waals surface area contributed by atoms with Crippen LogP contribution >= 0.6 is 0 Å². The largest absolute Gasteiger partial charge is 0.508 e. The van der Waals surface area contributed by atoms with Gasteiger partial charge in [-0.25, -0.2) is 4.79 Å². The van der Waals surface area contributed by atoms with E-state index < -0.39 is 11.9 Å². The second-order valence-electron chi connectivity index (χ2n) is 8.35. The number of esters is 1. The molecule has 0 aliphatic rings. The van der Waals surface area contributed by atoms with Crippen LogP contribution in [-0.2, 0) is 16.1 Å². The highest BCUT2D eigenvalue weighted by atomic mass is 16.5. The first-order chi connectivity index (χ1) is 17.8. The number of fused-ring (bicyclic) bond motifs is 1. The van der Waals surface area contributed by atoms with Crippen LogP contribution in [0.5, 0.6) is 5.75 Å². The van der Waals surface area contributed by atoms with Crippen LogP contribution in [0.2, 0.25) is 0 Å². The number of pyridine rings is 1. The topological polar surface area (TPSA) is 118 Å². The average Bonchev–Trinajstić information content (AvgIpc) is 2.90. The molecule has 8 heteroatoms. The van der Waals surface area contributed by atoms with Gasteiger partial charge in [-0.2, -0.15) is 0 Å². The maximum Gasteiger partial charge on any atom is 0.354 e. The summed E-state index contributed by atoms with van der Waals surface area (Å²) in [6.45, 7) is 1.95. The van der Waals surface area contributed by atoms with E-state index in [-0.39, 0.29) is 23.9 Å². The number of nitrogens with zero attached hydrogens (tertiary/aromatic N) is 1. The maximum absolute atomic E-state index is 13.0. The summed E-state index contributed by atoms with van der Waals surface area (Å²) in [4.78, 5) is 42.4. The lowest BCUT2D eigenvalue weighted by molar-refractivity contribution is -0.136.